The number of hydrogen-bond acceptors (Lipinski definition) is 2. The van der Waals surface area contributed by atoms with Crippen LogP contribution in [-0.4, -0.2) is 10.9 Å². The van der Waals surface area contributed by atoms with Gasteiger partial charge in [0.25, 0.3) is 0 Å². The number of H-pyrrole nitrogens is 1. The number of rotatable bonds is 2. The standard InChI is InChI=1S/C18H16BrClN2O2/c19-14-7-11(2-4-15(14)20)22-18(24)17-9-1-3-12(17)13-8-21-16(23)6-10(13)5-9/h2,4,6-9,12,17H,1,3,5H2,(H,21,23)(H,22,24). The van der Waals surface area contributed by atoms with Crippen molar-refractivity contribution in [2.24, 2.45) is 11.8 Å². The van der Waals surface area contributed by atoms with Crippen LogP contribution in [0.5, 0.6) is 0 Å². The van der Waals surface area contributed by atoms with E-state index in [1.54, 1.807) is 24.4 Å². The molecule has 0 saturated heterocycles. The molecular formula is C18H16BrClN2O2. The topological polar surface area (TPSA) is 62.0 Å². The van der Waals surface area contributed by atoms with Crippen LogP contribution in [0.4, 0.5) is 5.69 Å². The molecule has 2 aromatic rings. The van der Waals surface area contributed by atoms with E-state index in [0.717, 1.165) is 40.5 Å². The van der Waals surface area contributed by atoms with Crippen molar-refractivity contribution in [3.63, 3.8) is 0 Å². The third-order valence-corrected chi connectivity index (χ3v) is 6.42. The third kappa shape index (κ3) is 2.70. The lowest BCUT2D eigenvalue weighted by atomic mass is 9.75. The molecule has 124 valence electrons. The molecule has 2 aliphatic carbocycles. The second-order valence-corrected chi connectivity index (χ2v) is 7.83. The molecule has 4 nitrogen and oxygen atoms in total. The molecule has 1 fully saturated rings. The van der Waals surface area contributed by atoms with E-state index in [-0.39, 0.29) is 23.3 Å². The monoisotopic (exact) mass is 406 g/mol. The Morgan fingerprint density at radius 3 is 2.92 bits per heavy atom. The molecule has 1 aromatic carbocycles. The summed E-state index contributed by atoms with van der Waals surface area (Å²) in [6, 6.07) is 7.07. The highest BCUT2D eigenvalue weighted by Crippen LogP contribution is 2.50. The Morgan fingerprint density at radius 2 is 2.12 bits per heavy atom. The number of hydrogen-bond donors (Lipinski definition) is 2. The third-order valence-electron chi connectivity index (χ3n) is 5.21. The Bertz CT molecular complexity index is 880. The lowest BCUT2D eigenvalue weighted by Gasteiger charge is -2.31. The Hall–Kier alpha value is -1.59. The Kier molecular flexibility index (Phi) is 4.01. The first-order valence-corrected chi connectivity index (χ1v) is 9.17. The number of pyridine rings is 1. The van der Waals surface area contributed by atoms with Crippen LogP contribution in [0, 0.1) is 11.8 Å². The maximum Gasteiger partial charge on any atom is 0.248 e. The molecular weight excluding hydrogens is 392 g/mol. The van der Waals surface area contributed by atoms with Crippen molar-refractivity contribution in [3.8, 4) is 0 Å². The second-order valence-electron chi connectivity index (χ2n) is 6.57. The van der Waals surface area contributed by atoms with E-state index in [2.05, 4.69) is 26.2 Å². The van der Waals surface area contributed by atoms with Crippen molar-refractivity contribution in [1.82, 2.24) is 4.98 Å². The quantitative estimate of drug-likeness (QED) is 0.787. The minimum atomic E-state index is -0.0675. The summed E-state index contributed by atoms with van der Waals surface area (Å²) >= 11 is 9.38. The number of halogens is 2. The van der Waals surface area contributed by atoms with E-state index in [9.17, 15) is 9.59 Å². The van der Waals surface area contributed by atoms with E-state index in [1.165, 1.54) is 0 Å². The summed E-state index contributed by atoms with van der Waals surface area (Å²) < 4.78 is 0.761. The highest BCUT2D eigenvalue weighted by molar-refractivity contribution is 9.10. The van der Waals surface area contributed by atoms with Crippen LogP contribution in [-0.2, 0) is 11.2 Å². The van der Waals surface area contributed by atoms with Gasteiger partial charge in [-0.25, -0.2) is 0 Å². The largest absolute Gasteiger partial charge is 0.329 e. The van der Waals surface area contributed by atoms with Crippen molar-refractivity contribution in [3.05, 3.63) is 61.4 Å². The summed E-state index contributed by atoms with van der Waals surface area (Å²) in [7, 11) is 0. The minimum absolute atomic E-state index is 0.0437. The molecule has 3 atom stereocenters. The molecule has 2 aliphatic rings. The van der Waals surface area contributed by atoms with Gasteiger partial charge in [-0.1, -0.05) is 11.6 Å². The maximum absolute atomic E-state index is 12.9. The first-order valence-electron chi connectivity index (χ1n) is 8.00. The molecule has 1 heterocycles. The summed E-state index contributed by atoms with van der Waals surface area (Å²) in [4.78, 5) is 27.2. The number of amides is 1. The van der Waals surface area contributed by atoms with Crippen molar-refractivity contribution in [2.75, 3.05) is 5.32 Å². The van der Waals surface area contributed by atoms with Crippen LogP contribution < -0.4 is 10.9 Å². The zero-order valence-corrected chi connectivity index (χ0v) is 15.2. The van der Waals surface area contributed by atoms with E-state index in [4.69, 9.17) is 11.6 Å². The normalized spacial score (nSPS) is 24.5. The van der Waals surface area contributed by atoms with Crippen molar-refractivity contribution in [1.29, 1.82) is 0 Å². The Balaban J connectivity index is 1.60. The summed E-state index contributed by atoms with van der Waals surface area (Å²) in [5.41, 5.74) is 2.90. The minimum Gasteiger partial charge on any atom is -0.329 e. The van der Waals surface area contributed by atoms with Crippen molar-refractivity contribution < 1.29 is 4.79 Å². The number of aromatic nitrogens is 1. The fourth-order valence-electron chi connectivity index (χ4n) is 4.18. The van der Waals surface area contributed by atoms with E-state index in [0.29, 0.717) is 10.9 Å². The van der Waals surface area contributed by atoms with Crippen LogP contribution in [0.25, 0.3) is 0 Å². The first kappa shape index (κ1) is 15.9. The van der Waals surface area contributed by atoms with Crippen LogP contribution in [0.15, 0.2) is 39.7 Å². The number of carbonyl (C=O) groups is 1. The van der Waals surface area contributed by atoms with Gasteiger partial charge in [-0.3, -0.25) is 9.59 Å². The zero-order valence-electron chi connectivity index (χ0n) is 12.8. The van der Waals surface area contributed by atoms with Crippen molar-refractivity contribution in [2.45, 2.75) is 25.2 Å². The van der Waals surface area contributed by atoms with Gasteiger partial charge >= 0.3 is 0 Å². The number of carbonyl (C=O) groups excluding carboxylic acids is 1. The van der Waals surface area contributed by atoms with Gasteiger partial charge in [0, 0.05) is 28.3 Å². The molecule has 1 saturated carbocycles. The fourth-order valence-corrected chi connectivity index (χ4v) is 4.68. The van der Waals surface area contributed by atoms with Crippen LogP contribution in [0.2, 0.25) is 5.02 Å². The predicted molar refractivity (Wildman–Crippen MR) is 97.5 cm³/mol. The number of aromatic amines is 1. The summed E-state index contributed by atoms with van der Waals surface area (Å²) in [5, 5.41) is 3.64. The molecule has 0 aliphatic heterocycles. The SMILES string of the molecule is O=C(Nc1ccc(Cl)c(Br)c1)C1C2CCC1c1c[nH]c(=O)cc1C2. The Morgan fingerprint density at radius 1 is 1.29 bits per heavy atom. The van der Waals surface area contributed by atoms with Gasteiger partial charge in [-0.2, -0.15) is 0 Å². The molecule has 4 rings (SSSR count). The first-order chi connectivity index (χ1) is 11.5. The molecule has 2 bridgehead atoms. The predicted octanol–water partition coefficient (Wildman–Crippen LogP) is 4.10. The average Bonchev–Trinajstić information content (AvgIpc) is 2.86. The molecule has 6 heteroatoms. The van der Waals surface area contributed by atoms with Gasteiger partial charge in [0.05, 0.1) is 5.02 Å². The van der Waals surface area contributed by atoms with Crippen LogP contribution in [0.3, 0.4) is 0 Å². The van der Waals surface area contributed by atoms with Gasteiger partial charge in [0.1, 0.15) is 0 Å². The van der Waals surface area contributed by atoms with Gasteiger partial charge < -0.3 is 10.3 Å². The molecule has 0 spiro atoms. The molecule has 2 N–H and O–H groups in total. The molecule has 1 amide bonds. The van der Waals surface area contributed by atoms with Gasteiger partial charge in [0.2, 0.25) is 11.5 Å². The number of anilines is 1. The lowest BCUT2D eigenvalue weighted by molar-refractivity contribution is -0.121. The highest BCUT2D eigenvalue weighted by atomic mass is 79.9. The van der Waals surface area contributed by atoms with E-state index < -0.39 is 0 Å². The molecule has 1 aromatic heterocycles. The fraction of sp³-hybridized carbons (Fsp3) is 0.333. The average molecular weight is 408 g/mol. The zero-order chi connectivity index (χ0) is 16.8. The number of nitrogens with one attached hydrogen (secondary N) is 2. The van der Waals surface area contributed by atoms with Crippen LogP contribution >= 0.6 is 27.5 Å². The van der Waals surface area contributed by atoms with Gasteiger partial charge in [-0.15, -0.1) is 0 Å². The van der Waals surface area contributed by atoms with Crippen LogP contribution in [0.1, 0.15) is 29.9 Å². The number of benzene rings is 1. The second kappa shape index (κ2) is 6.05. The Labute approximate surface area is 152 Å². The summed E-state index contributed by atoms with van der Waals surface area (Å²) in [6.45, 7) is 0. The summed E-state index contributed by atoms with van der Waals surface area (Å²) in [6.07, 6.45) is 4.61. The molecule has 3 unspecified atom stereocenters. The van der Waals surface area contributed by atoms with Crippen molar-refractivity contribution >= 4 is 39.1 Å². The number of fused-ring (bicyclic) bond motifs is 4. The molecule has 24 heavy (non-hydrogen) atoms. The lowest BCUT2D eigenvalue weighted by Crippen LogP contribution is -2.34. The maximum atomic E-state index is 12.9. The van der Waals surface area contributed by atoms with Gasteiger partial charge in [0.15, 0.2) is 0 Å². The highest BCUT2D eigenvalue weighted by Gasteiger charge is 2.45. The smallest absolute Gasteiger partial charge is 0.248 e. The molecule has 0 radical (unpaired) electrons. The van der Waals surface area contributed by atoms with E-state index >= 15 is 0 Å². The van der Waals surface area contributed by atoms with Gasteiger partial charge in [-0.05, 0) is 76.4 Å². The summed E-state index contributed by atoms with van der Waals surface area (Å²) in [5.74, 6) is 0.498. The van der Waals surface area contributed by atoms with E-state index in [1.807, 2.05) is 6.07 Å².